The average Bonchev–Trinajstić information content (AvgIpc) is 2.55. The number of hydrogen-bond donors (Lipinski definition) is 0. The van der Waals surface area contributed by atoms with Gasteiger partial charge in [0.25, 0.3) is 0 Å². The van der Waals surface area contributed by atoms with Gasteiger partial charge in [-0.2, -0.15) is 5.26 Å². The van der Waals surface area contributed by atoms with E-state index in [-0.39, 0.29) is 0 Å². The van der Waals surface area contributed by atoms with Crippen molar-refractivity contribution in [3.8, 4) is 6.07 Å². The largest absolute Gasteiger partial charge is 0.245 e. The van der Waals surface area contributed by atoms with Gasteiger partial charge in [0.05, 0.1) is 0 Å². The summed E-state index contributed by atoms with van der Waals surface area (Å²) in [5.74, 6) is 0. The summed E-state index contributed by atoms with van der Waals surface area (Å²) >= 11 is 1.48. The lowest BCUT2D eigenvalue weighted by molar-refractivity contribution is 1.16. The van der Waals surface area contributed by atoms with Gasteiger partial charge in [0.1, 0.15) is 15.8 Å². The monoisotopic (exact) mass is 188 g/mol. The lowest BCUT2D eigenvalue weighted by Crippen LogP contribution is -1.80. The highest BCUT2D eigenvalue weighted by molar-refractivity contribution is 7.19. The molecule has 0 N–H and O–H groups in total. The molecule has 2 rings (SSSR count). The molecular weight excluding hydrogens is 180 g/mol. The van der Waals surface area contributed by atoms with Gasteiger partial charge in [-0.25, -0.2) is 4.98 Å². The summed E-state index contributed by atoms with van der Waals surface area (Å²) in [6.45, 7) is 2.06. The smallest absolute Gasteiger partial charge is 0.124 e. The Balaban J connectivity index is 2.83. The van der Waals surface area contributed by atoms with Crippen LogP contribution in [0.25, 0.3) is 10.2 Å². The molecule has 13 heavy (non-hydrogen) atoms. The number of aromatic nitrogens is 1. The summed E-state index contributed by atoms with van der Waals surface area (Å²) in [5, 5.41) is 10.0. The fourth-order valence-electron chi connectivity index (χ4n) is 1.42. The molecule has 0 aliphatic rings. The topological polar surface area (TPSA) is 36.7 Å². The molecule has 2 heterocycles. The van der Waals surface area contributed by atoms with Gasteiger partial charge in [-0.15, -0.1) is 11.3 Å². The number of fused-ring (bicyclic) bond motifs is 1. The first-order valence-electron chi connectivity index (χ1n) is 4.13. The molecule has 3 heteroatoms. The summed E-state index contributed by atoms with van der Waals surface area (Å²) in [5.41, 5.74) is 1.13. The van der Waals surface area contributed by atoms with Crippen molar-refractivity contribution in [1.29, 1.82) is 5.26 Å². The molecule has 0 spiro atoms. The highest BCUT2D eigenvalue weighted by Crippen LogP contribution is 2.29. The third-order valence-electron chi connectivity index (χ3n) is 2.02. The Hall–Kier alpha value is -1.40. The highest BCUT2D eigenvalue weighted by atomic mass is 32.1. The van der Waals surface area contributed by atoms with Gasteiger partial charge in [0, 0.05) is 11.6 Å². The maximum absolute atomic E-state index is 8.88. The van der Waals surface area contributed by atoms with Crippen LogP contribution in [0.15, 0.2) is 18.3 Å². The van der Waals surface area contributed by atoms with Crippen molar-refractivity contribution in [2.75, 3.05) is 0 Å². The molecule has 2 aromatic heterocycles. The minimum absolute atomic E-state index is 0.802. The minimum Gasteiger partial charge on any atom is -0.245 e. The fourth-order valence-corrected chi connectivity index (χ4v) is 2.45. The summed E-state index contributed by atoms with van der Waals surface area (Å²) < 4.78 is 0. The van der Waals surface area contributed by atoms with Crippen LogP contribution in [0.4, 0.5) is 0 Å². The molecule has 0 fully saturated rings. The molecule has 0 amide bonds. The maximum atomic E-state index is 8.88. The summed E-state index contributed by atoms with van der Waals surface area (Å²) in [7, 11) is 0. The van der Waals surface area contributed by atoms with Gasteiger partial charge in [-0.1, -0.05) is 13.0 Å². The SMILES string of the molecule is CCc1c(C#N)sc2ncccc12. The van der Waals surface area contributed by atoms with E-state index in [0.29, 0.717) is 0 Å². The lowest BCUT2D eigenvalue weighted by Gasteiger charge is -1.92. The zero-order chi connectivity index (χ0) is 9.26. The molecule has 0 atom stereocenters. The van der Waals surface area contributed by atoms with Crippen LogP contribution in [0.3, 0.4) is 0 Å². The van der Waals surface area contributed by atoms with Crippen LogP contribution >= 0.6 is 11.3 Å². The van der Waals surface area contributed by atoms with E-state index in [1.54, 1.807) is 6.20 Å². The zero-order valence-corrected chi connectivity index (χ0v) is 8.06. The molecule has 0 saturated carbocycles. The number of nitrogens with zero attached hydrogens (tertiary/aromatic N) is 2. The molecule has 2 nitrogen and oxygen atoms in total. The Bertz CT molecular complexity index is 479. The second-order valence-corrected chi connectivity index (χ2v) is 3.73. The van der Waals surface area contributed by atoms with E-state index in [4.69, 9.17) is 5.26 Å². The van der Waals surface area contributed by atoms with Crippen LogP contribution in [0.2, 0.25) is 0 Å². The Morgan fingerprint density at radius 2 is 2.46 bits per heavy atom. The van der Waals surface area contributed by atoms with E-state index in [1.807, 2.05) is 12.1 Å². The molecule has 64 valence electrons. The van der Waals surface area contributed by atoms with Crippen LogP contribution in [0.5, 0.6) is 0 Å². The van der Waals surface area contributed by atoms with Crippen molar-refractivity contribution in [2.24, 2.45) is 0 Å². The summed E-state index contributed by atoms with van der Waals surface area (Å²) in [6, 6.07) is 6.15. The van der Waals surface area contributed by atoms with Gasteiger partial charge in [0.15, 0.2) is 0 Å². The van der Waals surface area contributed by atoms with E-state index < -0.39 is 0 Å². The molecule has 0 aliphatic carbocycles. The maximum Gasteiger partial charge on any atom is 0.124 e. The van der Waals surface area contributed by atoms with Crippen LogP contribution < -0.4 is 0 Å². The molecular formula is C10H8N2S. The number of aryl methyl sites for hydroxylation is 1. The van der Waals surface area contributed by atoms with Crippen molar-refractivity contribution in [3.63, 3.8) is 0 Å². The molecule has 0 bridgehead atoms. The Kier molecular flexibility index (Phi) is 1.99. The van der Waals surface area contributed by atoms with Crippen molar-refractivity contribution < 1.29 is 0 Å². The molecule has 0 radical (unpaired) electrons. The normalized spacial score (nSPS) is 10.2. The third-order valence-corrected chi connectivity index (χ3v) is 3.08. The number of nitriles is 1. The van der Waals surface area contributed by atoms with Gasteiger partial charge >= 0.3 is 0 Å². The van der Waals surface area contributed by atoms with E-state index in [1.165, 1.54) is 11.3 Å². The molecule has 0 aliphatic heterocycles. The minimum atomic E-state index is 0.802. The standard InChI is InChI=1S/C10H8N2S/c1-2-7-8-4-3-5-12-10(8)13-9(7)6-11/h3-5H,2H2,1H3. The first-order chi connectivity index (χ1) is 6.36. The highest BCUT2D eigenvalue weighted by Gasteiger charge is 2.09. The van der Waals surface area contributed by atoms with Gasteiger partial charge in [-0.3, -0.25) is 0 Å². The predicted octanol–water partition coefficient (Wildman–Crippen LogP) is 2.73. The zero-order valence-electron chi connectivity index (χ0n) is 7.24. The van der Waals surface area contributed by atoms with Crippen LogP contribution in [0.1, 0.15) is 17.4 Å². The number of hydrogen-bond acceptors (Lipinski definition) is 3. The third kappa shape index (κ3) is 1.20. The Labute approximate surface area is 80.5 Å². The quantitative estimate of drug-likeness (QED) is 0.690. The molecule has 0 aromatic carbocycles. The summed E-state index contributed by atoms with van der Waals surface area (Å²) in [6.07, 6.45) is 2.66. The van der Waals surface area contributed by atoms with Crippen LogP contribution in [-0.4, -0.2) is 4.98 Å². The average molecular weight is 188 g/mol. The van der Waals surface area contributed by atoms with Crippen LogP contribution in [0, 0.1) is 11.3 Å². The first-order valence-corrected chi connectivity index (χ1v) is 4.95. The van der Waals surface area contributed by atoms with Crippen molar-refractivity contribution in [3.05, 3.63) is 28.8 Å². The Morgan fingerprint density at radius 1 is 1.62 bits per heavy atom. The second-order valence-electron chi connectivity index (χ2n) is 2.73. The van der Waals surface area contributed by atoms with Gasteiger partial charge in [-0.05, 0) is 18.1 Å². The van der Waals surface area contributed by atoms with Gasteiger partial charge < -0.3 is 0 Å². The first kappa shape index (κ1) is 8.21. The number of rotatable bonds is 1. The van der Waals surface area contributed by atoms with Crippen molar-refractivity contribution >= 4 is 21.6 Å². The summed E-state index contributed by atoms with van der Waals surface area (Å²) in [4.78, 5) is 6.00. The van der Waals surface area contributed by atoms with Crippen molar-refractivity contribution in [1.82, 2.24) is 4.98 Å². The van der Waals surface area contributed by atoms with E-state index >= 15 is 0 Å². The fraction of sp³-hybridized carbons (Fsp3) is 0.200. The van der Waals surface area contributed by atoms with Crippen molar-refractivity contribution in [2.45, 2.75) is 13.3 Å². The number of pyridine rings is 1. The predicted molar refractivity (Wildman–Crippen MR) is 53.7 cm³/mol. The molecule has 0 saturated heterocycles. The Morgan fingerprint density at radius 3 is 3.15 bits per heavy atom. The van der Waals surface area contributed by atoms with E-state index in [2.05, 4.69) is 18.0 Å². The lowest BCUT2D eigenvalue weighted by atomic mass is 10.1. The second kappa shape index (κ2) is 3.15. The number of thiophene rings is 1. The van der Waals surface area contributed by atoms with Crippen LogP contribution in [-0.2, 0) is 6.42 Å². The van der Waals surface area contributed by atoms with E-state index in [0.717, 1.165) is 27.1 Å². The molecule has 0 unspecified atom stereocenters. The molecule has 2 aromatic rings. The van der Waals surface area contributed by atoms with E-state index in [9.17, 15) is 0 Å². The van der Waals surface area contributed by atoms with Gasteiger partial charge in [0.2, 0.25) is 0 Å².